The molecule has 1 heterocycles. The summed E-state index contributed by atoms with van der Waals surface area (Å²) in [7, 11) is 0. The van der Waals surface area contributed by atoms with Crippen LogP contribution in [0.1, 0.15) is 30.0 Å². The molecule has 1 aliphatic rings. The van der Waals surface area contributed by atoms with Crippen LogP contribution in [-0.4, -0.2) is 5.71 Å². The minimum Gasteiger partial charge on any atom is -0.281 e. The standard InChI is InChI=1S/C16H12BrF2N/c17-11-6-4-10(5-7-11)14-8-9-15(20-14)16-12(18)2-1-3-13(16)19/h1-7,14H,8-9H2/t14-/m1/s1. The molecule has 0 fully saturated rings. The molecule has 0 saturated carbocycles. The molecular weight excluding hydrogens is 324 g/mol. The quantitative estimate of drug-likeness (QED) is 0.728. The smallest absolute Gasteiger partial charge is 0.135 e. The number of nitrogens with zero attached hydrogens (tertiary/aromatic N) is 1. The Kier molecular flexibility index (Phi) is 3.66. The van der Waals surface area contributed by atoms with E-state index < -0.39 is 11.6 Å². The van der Waals surface area contributed by atoms with Crippen molar-refractivity contribution in [2.45, 2.75) is 18.9 Å². The van der Waals surface area contributed by atoms with E-state index in [9.17, 15) is 8.78 Å². The Morgan fingerprint density at radius 2 is 1.65 bits per heavy atom. The lowest BCUT2D eigenvalue weighted by Gasteiger charge is -2.06. The van der Waals surface area contributed by atoms with Crippen LogP contribution in [0, 0.1) is 11.6 Å². The summed E-state index contributed by atoms with van der Waals surface area (Å²) >= 11 is 3.39. The van der Waals surface area contributed by atoms with Crippen LogP contribution in [0.25, 0.3) is 0 Å². The molecule has 2 aromatic carbocycles. The van der Waals surface area contributed by atoms with E-state index in [0.717, 1.165) is 16.5 Å². The Balaban J connectivity index is 1.94. The van der Waals surface area contributed by atoms with Gasteiger partial charge in [-0.1, -0.05) is 34.1 Å². The fourth-order valence-electron chi connectivity index (χ4n) is 2.48. The van der Waals surface area contributed by atoms with E-state index in [1.165, 1.54) is 18.2 Å². The first kappa shape index (κ1) is 13.4. The van der Waals surface area contributed by atoms with E-state index in [1.807, 2.05) is 24.3 Å². The predicted octanol–water partition coefficient (Wildman–Crippen LogP) is 5.05. The molecule has 0 unspecified atom stereocenters. The molecule has 102 valence electrons. The predicted molar refractivity (Wildman–Crippen MR) is 79.0 cm³/mol. The maximum atomic E-state index is 13.8. The zero-order valence-electron chi connectivity index (χ0n) is 10.6. The maximum absolute atomic E-state index is 13.8. The molecule has 0 radical (unpaired) electrons. The van der Waals surface area contributed by atoms with Crippen molar-refractivity contribution in [1.82, 2.24) is 0 Å². The summed E-state index contributed by atoms with van der Waals surface area (Å²) in [4.78, 5) is 4.50. The SMILES string of the molecule is Fc1cccc(F)c1C1=N[C@@H](c2ccc(Br)cc2)CC1. The van der Waals surface area contributed by atoms with Crippen LogP contribution in [0.15, 0.2) is 51.9 Å². The zero-order valence-corrected chi connectivity index (χ0v) is 12.2. The minimum atomic E-state index is -0.541. The highest BCUT2D eigenvalue weighted by Crippen LogP contribution is 2.32. The Labute approximate surface area is 124 Å². The summed E-state index contributed by atoms with van der Waals surface area (Å²) in [5, 5.41) is 0. The molecule has 0 aromatic heterocycles. The van der Waals surface area contributed by atoms with Crippen LogP contribution in [0.3, 0.4) is 0 Å². The van der Waals surface area contributed by atoms with Crippen LogP contribution in [0.4, 0.5) is 8.78 Å². The number of halogens is 3. The second kappa shape index (κ2) is 5.44. The number of aliphatic imine (C=N–C) groups is 1. The highest BCUT2D eigenvalue weighted by molar-refractivity contribution is 9.10. The number of hydrogen-bond acceptors (Lipinski definition) is 1. The van der Waals surface area contributed by atoms with Gasteiger partial charge in [-0.25, -0.2) is 8.78 Å². The molecule has 0 saturated heterocycles. The molecule has 4 heteroatoms. The first-order chi connectivity index (χ1) is 9.65. The Hall–Kier alpha value is -1.55. The third-order valence-electron chi connectivity index (χ3n) is 3.47. The van der Waals surface area contributed by atoms with E-state index in [4.69, 9.17) is 0 Å². The lowest BCUT2D eigenvalue weighted by molar-refractivity contribution is 0.578. The number of rotatable bonds is 2. The lowest BCUT2D eigenvalue weighted by atomic mass is 10.0. The van der Waals surface area contributed by atoms with Crippen molar-refractivity contribution in [1.29, 1.82) is 0 Å². The van der Waals surface area contributed by atoms with Gasteiger partial charge in [0.2, 0.25) is 0 Å². The lowest BCUT2D eigenvalue weighted by Crippen LogP contribution is -2.03. The summed E-state index contributed by atoms with van der Waals surface area (Å²) < 4.78 is 28.5. The molecule has 3 rings (SSSR count). The van der Waals surface area contributed by atoms with Crippen molar-refractivity contribution in [2.24, 2.45) is 4.99 Å². The van der Waals surface area contributed by atoms with Gasteiger partial charge < -0.3 is 0 Å². The summed E-state index contributed by atoms with van der Waals surface area (Å²) in [6.45, 7) is 0. The van der Waals surface area contributed by atoms with Gasteiger partial charge in [-0.2, -0.15) is 0 Å². The van der Waals surface area contributed by atoms with Gasteiger partial charge in [-0.15, -0.1) is 0 Å². The van der Waals surface area contributed by atoms with Gasteiger partial charge in [0, 0.05) is 10.2 Å². The Morgan fingerprint density at radius 3 is 2.30 bits per heavy atom. The van der Waals surface area contributed by atoms with Gasteiger partial charge in [-0.3, -0.25) is 4.99 Å². The highest BCUT2D eigenvalue weighted by Gasteiger charge is 2.24. The molecular formula is C16H12BrF2N. The largest absolute Gasteiger partial charge is 0.281 e. The molecule has 0 amide bonds. The van der Waals surface area contributed by atoms with E-state index >= 15 is 0 Å². The first-order valence-corrected chi connectivity index (χ1v) is 7.21. The van der Waals surface area contributed by atoms with Crippen LogP contribution in [0.2, 0.25) is 0 Å². The summed E-state index contributed by atoms with van der Waals surface area (Å²) in [6, 6.07) is 11.8. The fraction of sp³-hybridized carbons (Fsp3) is 0.188. The molecule has 0 aliphatic carbocycles. The monoisotopic (exact) mass is 335 g/mol. The Morgan fingerprint density at radius 1 is 1.00 bits per heavy atom. The zero-order chi connectivity index (χ0) is 14.1. The van der Waals surface area contributed by atoms with Crippen LogP contribution >= 0.6 is 15.9 Å². The van der Waals surface area contributed by atoms with Crippen molar-refractivity contribution < 1.29 is 8.78 Å². The molecule has 1 nitrogen and oxygen atoms in total. The average molecular weight is 336 g/mol. The molecule has 1 aliphatic heterocycles. The number of benzene rings is 2. The van der Waals surface area contributed by atoms with Gasteiger partial charge in [0.05, 0.1) is 11.6 Å². The van der Waals surface area contributed by atoms with Crippen molar-refractivity contribution >= 4 is 21.6 Å². The second-order valence-corrected chi connectivity index (χ2v) is 5.69. The molecule has 20 heavy (non-hydrogen) atoms. The summed E-state index contributed by atoms with van der Waals surface area (Å²) in [6.07, 6.45) is 1.38. The topological polar surface area (TPSA) is 12.4 Å². The molecule has 1 atom stereocenters. The van der Waals surface area contributed by atoms with Gasteiger partial charge in [0.25, 0.3) is 0 Å². The van der Waals surface area contributed by atoms with Gasteiger partial charge in [-0.05, 0) is 42.7 Å². The van der Waals surface area contributed by atoms with Gasteiger partial charge in [0.1, 0.15) is 11.6 Å². The van der Waals surface area contributed by atoms with Crippen LogP contribution in [0.5, 0.6) is 0 Å². The maximum Gasteiger partial charge on any atom is 0.135 e. The summed E-state index contributed by atoms with van der Waals surface area (Å²) in [5.41, 5.74) is 1.61. The van der Waals surface area contributed by atoms with Gasteiger partial charge in [0.15, 0.2) is 0 Å². The normalized spacial score (nSPS) is 18.1. The first-order valence-electron chi connectivity index (χ1n) is 6.41. The molecule has 0 N–H and O–H groups in total. The fourth-order valence-corrected chi connectivity index (χ4v) is 2.74. The molecule has 0 bridgehead atoms. The van der Waals surface area contributed by atoms with Crippen molar-refractivity contribution in [3.05, 3.63) is 69.7 Å². The molecule has 0 spiro atoms. The van der Waals surface area contributed by atoms with Crippen LogP contribution in [-0.2, 0) is 0 Å². The van der Waals surface area contributed by atoms with Crippen molar-refractivity contribution in [2.75, 3.05) is 0 Å². The van der Waals surface area contributed by atoms with Crippen molar-refractivity contribution in [3.8, 4) is 0 Å². The number of hydrogen-bond donors (Lipinski definition) is 0. The third-order valence-corrected chi connectivity index (χ3v) is 4.00. The van der Waals surface area contributed by atoms with Gasteiger partial charge >= 0.3 is 0 Å². The summed E-state index contributed by atoms with van der Waals surface area (Å²) in [5.74, 6) is -1.08. The third kappa shape index (κ3) is 2.52. The highest BCUT2D eigenvalue weighted by atomic mass is 79.9. The van der Waals surface area contributed by atoms with E-state index in [-0.39, 0.29) is 11.6 Å². The average Bonchev–Trinajstić information content (AvgIpc) is 2.89. The Bertz CT molecular complexity index is 644. The second-order valence-electron chi connectivity index (χ2n) is 4.78. The molecule has 2 aromatic rings. The minimum absolute atomic E-state index is 0.0166. The van der Waals surface area contributed by atoms with E-state index in [1.54, 1.807) is 0 Å². The van der Waals surface area contributed by atoms with Crippen LogP contribution < -0.4 is 0 Å². The van der Waals surface area contributed by atoms with E-state index in [2.05, 4.69) is 20.9 Å². The van der Waals surface area contributed by atoms with Crippen molar-refractivity contribution in [3.63, 3.8) is 0 Å². The van der Waals surface area contributed by atoms with E-state index in [0.29, 0.717) is 12.1 Å².